The third-order valence-corrected chi connectivity index (χ3v) is 4.24. The number of hydrogen-bond donors (Lipinski definition) is 1. The topological polar surface area (TPSA) is 55.0 Å². The molecule has 0 unspecified atom stereocenters. The van der Waals surface area contributed by atoms with Gasteiger partial charge in [-0.1, -0.05) is 32.0 Å². The quantitative estimate of drug-likeness (QED) is 0.780. The normalized spacial score (nSPS) is 11.2. The van der Waals surface area contributed by atoms with Crippen LogP contribution in [0.25, 0.3) is 10.2 Å². The molecule has 1 aromatic carbocycles. The summed E-state index contributed by atoms with van der Waals surface area (Å²) in [5.74, 6) is 1.83. The van der Waals surface area contributed by atoms with E-state index in [4.69, 9.17) is 4.74 Å². The fraction of sp³-hybridized carbons (Fsp3) is 0.294. The second kappa shape index (κ2) is 6.32. The van der Waals surface area contributed by atoms with Gasteiger partial charge < -0.3 is 9.72 Å². The average molecular weight is 314 g/mol. The van der Waals surface area contributed by atoms with Crippen LogP contribution in [0.1, 0.15) is 25.2 Å². The lowest BCUT2D eigenvalue weighted by molar-refractivity contribution is 0.296. The monoisotopic (exact) mass is 314 g/mol. The van der Waals surface area contributed by atoms with E-state index < -0.39 is 0 Å². The first-order valence-electron chi connectivity index (χ1n) is 7.30. The predicted molar refractivity (Wildman–Crippen MR) is 89.6 cm³/mol. The summed E-state index contributed by atoms with van der Waals surface area (Å²) in [6.45, 7) is 4.55. The highest BCUT2D eigenvalue weighted by molar-refractivity contribution is 7.16. The molecule has 0 bridgehead atoms. The molecular formula is C17H18N2O2S. The number of benzene rings is 1. The zero-order valence-electron chi connectivity index (χ0n) is 12.6. The Bertz CT molecular complexity index is 822. The van der Waals surface area contributed by atoms with E-state index in [1.807, 2.05) is 35.7 Å². The maximum absolute atomic E-state index is 12.3. The lowest BCUT2D eigenvalue weighted by Crippen LogP contribution is -2.14. The smallest absolute Gasteiger partial charge is 0.260 e. The third kappa shape index (κ3) is 3.20. The molecule has 0 saturated carbocycles. The van der Waals surface area contributed by atoms with Crippen molar-refractivity contribution < 1.29 is 4.74 Å². The van der Waals surface area contributed by atoms with Crippen LogP contribution < -0.4 is 10.3 Å². The summed E-state index contributed by atoms with van der Waals surface area (Å²) in [6.07, 6.45) is 0.893. The Morgan fingerprint density at radius 2 is 2.05 bits per heavy atom. The Morgan fingerprint density at radius 1 is 1.27 bits per heavy atom. The lowest BCUT2D eigenvalue weighted by Gasteiger charge is -2.06. The minimum Gasteiger partial charge on any atom is -0.486 e. The minimum atomic E-state index is -0.0754. The van der Waals surface area contributed by atoms with Gasteiger partial charge in [0.2, 0.25) is 0 Å². The number of ether oxygens (including phenoxy) is 1. The molecule has 3 aromatic rings. The van der Waals surface area contributed by atoms with Crippen LogP contribution in [0.2, 0.25) is 0 Å². The van der Waals surface area contributed by atoms with Crippen LogP contribution in [0.3, 0.4) is 0 Å². The molecule has 0 fully saturated rings. The molecule has 0 radical (unpaired) electrons. The first-order valence-corrected chi connectivity index (χ1v) is 8.18. The molecule has 0 spiro atoms. The van der Waals surface area contributed by atoms with Crippen molar-refractivity contribution in [3.63, 3.8) is 0 Å². The van der Waals surface area contributed by atoms with Crippen LogP contribution in [0.4, 0.5) is 0 Å². The number of aromatic amines is 1. The van der Waals surface area contributed by atoms with E-state index in [0.717, 1.165) is 28.0 Å². The largest absolute Gasteiger partial charge is 0.486 e. The molecule has 0 aliphatic rings. The summed E-state index contributed by atoms with van der Waals surface area (Å²) in [6, 6.07) is 9.50. The maximum Gasteiger partial charge on any atom is 0.260 e. The number of para-hydroxylation sites is 1. The zero-order valence-corrected chi connectivity index (χ0v) is 13.4. The molecule has 0 aliphatic heterocycles. The number of nitrogens with one attached hydrogen (secondary N) is 1. The molecule has 3 rings (SSSR count). The number of fused-ring (bicyclic) bond motifs is 1. The van der Waals surface area contributed by atoms with Gasteiger partial charge in [-0.05, 0) is 35.4 Å². The molecule has 2 heterocycles. The van der Waals surface area contributed by atoms with Crippen molar-refractivity contribution in [2.45, 2.75) is 26.9 Å². The van der Waals surface area contributed by atoms with E-state index in [1.165, 1.54) is 11.3 Å². The first-order chi connectivity index (χ1) is 10.6. The Kier molecular flexibility index (Phi) is 4.24. The molecule has 4 nitrogen and oxygen atoms in total. The van der Waals surface area contributed by atoms with E-state index >= 15 is 0 Å². The van der Waals surface area contributed by atoms with Crippen LogP contribution in [-0.2, 0) is 13.0 Å². The molecule has 0 atom stereocenters. The third-order valence-electron chi connectivity index (χ3n) is 3.32. The number of hydrogen-bond acceptors (Lipinski definition) is 4. The first kappa shape index (κ1) is 14.8. The van der Waals surface area contributed by atoms with Crippen molar-refractivity contribution in [3.05, 3.63) is 57.5 Å². The van der Waals surface area contributed by atoms with Gasteiger partial charge in [0, 0.05) is 0 Å². The van der Waals surface area contributed by atoms with Gasteiger partial charge in [0.05, 0.1) is 5.39 Å². The SMILES string of the molecule is CC(C)Cc1csc2nc(COc3ccccc3)[nH]c(=O)c12. The minimum absolute atomic E-state index is 0.0754. The second-order valence-electron chi connectivity index (χ2n) is 5.65. The summed E-state index contributed by atoms with van der Waals surface area (Å²) < 4.78 is 5.64. The van der Waals surface area contributed by atoms with Gasteiger partial charge in [0.1, 0.15) is 23.0 Å². The Morgan fingerprint density at radius 3 is 2.77 bits per heavy atom. The van der Waals surface area contributed by atoms with Crippen molar-refractivity contribution in [2.75, 3.05) is 0 Å². The van der Waals surface area contributed by atoms with Crippen molar-refractivity contribution in [1.82, 2.24) is 9.97 Å². The van der Waals surface area contributed by atoms with Gasteiger partial charge in [0.15, 0.2) is 0 Å². The van der Waals surface area contributed by atoms with E-state index in [2.05, 4.69) is 23.8 Å². The van der Waals surface area contributed by atoms with Crippen LogP contribution >= 0.6 is 11.3 Å². The van der Waals surface area contributed by atoms with Crippen LogP contribution in [0, 0.1) is 5.92 Å². The Hall–Kier alpha value is -2.14. The highest BCUT2D eigenvalue weighted by atomic mass is 32.1. The predicted octanol–water partition coefficient (Wildman–Crippen LogP) is 3.76. The van der Waals surface area contributed by atoms with Gasteiger partial charge in [-0.2, -0.15) is 0 Å². The fourth-order valence-electron chi connectivity index (χ4n) is 2.38. The van der Waals surface area contributed by atoms with Crippen molar-refractivity contribution >= 4 is 21.6 Å². The molecule has 2 aromatic heterocycles. The summed E-state index contributed by atoms with van der Waals surface area (Å²) in [4.78, 5) is 20.5. The lowest BCUT2D eigenvalue weighted by atomic mass is 10.0. The van der Waals surface area contributed by atoms with E-state index in [0.29, 0.717) is 11.7 Å². The highest BCUT2D eigenvalue weighted by Crippen LogP contribution is 2.23. The average Bonchev–Trinajstić information content (AvgIpc) is 2.89. The van der Waals surface area contributed by atoms with Crippen molar-refractivity contribution in [1.29, 1.82) is 0 Å². The number of aromatic nitrogens is 2. The van der Waals surface area contributed by atoms with Gasteiger partial charge in [-0.3, -0.25) is 4.79 Å². The van der Waals surface area contributed by atoms with E-state index in [9.17, 15) is 4.79 Å². The Labute approximate surface area is 132 Å². The molecule has 114 valence electrons. The summed E-state index contributed by atoms with van der Waals surface area (Å²) in [5.41, 5.74) is 1.01. The number of rotatable bonds is 5. The summed E-state index contributed by atoms with van der Waals surface area (Å²) >= 11 is 1.52. The summed E-state index contributed by atoms with van der Waals surface area (Å²) in [5, 5.41) is 2.76. The molecule has 0 amide bonds. The molecular weight excluding hydrogens is 296 g/mol. The van der Waals surface area contributed by atoms with Gasteiger partial charge >= 0.3 is 0 Å². The standard InChI is InChI=1S/C17H18N2O2S/c1-11(2)8-12-10-22-17-15(12)16(20)18-14(19-17)9-21-13-6-4-3-5-7-13/h3-7,10-11H,8-9H2,1-2H3,(H,18,19,20). The van der Waals surface area contributed by atoms with Gasteiger partial charge in [0.25, 0.3) is 5.56 Å². The molecule has 22 heavy (non-hydrogen) atoms. The van der Waals surface area contributed by atoms with E-state index in [-0.39, 0.29) is 12.2 Å². The maximum atomic E-state index is 12.3. The second-order valence-corrected chi connectivity index (χ2v) is 6.51. The number of H-pyrrole nitrogens is 1. The number of nitrogens with zero attached hydrogens (tertiary/aromatic N) is 1. The molecule has 1 N–H and O–H groups in total. The zero-order chi connectivity index (χ0) is 15.5. The molecule has 0 saturated heterocycles. The van der Waals surface area contributed by atoms with Crippen LogP contribution in [-0.4, -0.2) is 9.97 Å². The van der Waals surface area contributed by atoms with Crippen molar-refractivity contribution in [3.8, 4) is 5.75 Å². The Balaban J connectivity index is 1.85. The fourth-order valence-corrected chi connectivity index (χ4v) is 3.35. The molecule has 5 heteroatoms. The summed E-state index contributed by atoms with van der Waals surface area (Å²) in [7, 11) is 0. The number of thiophene rings is 1. The van der Waals surface area contributed by atoms with Gasteiger partial charge in [-0.15, -0.1) is 11.3 Å². The van der Waals surface area contributed by atoms with E-state index in [1.54, 1.807) is 0 Å². The van der Waals surface area contributed by atoms with Crippen molar-refractivity contribution in [2.24, 2.45) is 5.92 Å². The highest BCUT2D eigenvalue weighted by Gasteiger charge is 2.12. The van der Waals surface area contributed by atoms with Crippen LogP contribution in [0.15, 0.2) is 40.5 Å². The van der Waals surface area contributed by atoms with Crippen LogP contribution in [0.5, 0.6) is 5.75 Å². The molecule has 0 aliphatic carbocycles. The van der Waals surface area contributed by atoms with Gasteiger partial charge in [-0.25, -0.2) is 4.98 Å².